The lowest BCUT2D eigenvalue weighted by molar-refractivity contribution is 0.152. The summed E-state index contributed by atoms with van der Waals surface area (Å²) in [6, 6.07) is 10.3. The van der Waals surface area contributed by atoms with E-state index >= 15 is 0 Å². The standard InChI is InChI=1S/C22H35N7/c1-23-22(24-11-7-8-12-29-15-13-27(2)14-16-29)28(3)18-21-25-17-20(26-21)19-9-5-4-6-10-19/h4-6,9-10,17H,7-8,11-16,18H2,1-3H3,(H,23,24)(H,25,26). The highest BCUT2D eigenvalue weighted by Gasteiger charge is 2.13. The van der Waals surface area contributed by atoms with Crippen LogP contribution in [0.4, 0.5) is 0 Å². The Labute approximate surface area is 174 Å². The van der Waals surface area contributed by atoms with Gasteiger partial charge in [-0.2, -0.15) is 0 Å². The molecule has 7 nitrogen and oxygen atoms in total. The number of rotatable bonds is 8. The molecule has 0 saturated carbocycles. The number of hydrogen-bond acceptors (Lipinski definition) is 4. The number of H-pyrrole nitrogens is 1. The van der Waals surface area contributed by atoms with Gasteiger partial charge in [0, 0.05) is 46.8 Å². The van der Waals surface area contributed by atoms with Crippen molar-refractivity contribution in [2.45, 2.75) is 19.4 Å². The van der Waals surface area contributed by atoms with Crippen molar-refractivity contribution < 1.29 is 0 Å². The maximum absolute atomic E-state index is 4.53. The normalized spacial score (nSPS) is 16.2. The molecule has 0 aliphatic carbocycles. The Kier molecular flexibility index (Phi) is 8.07. The first-order chi connectivity index (χ1) is 14.2. The minimum atomic E-state index is 0.688. The van der Waals surface area contributed by atoms with Gasteiger partial charge in [0.2, 0.25) is 0 Å². The van der Waals surface area contributed by atoms with Crippen LogP contribution in [0.3, 0.4) is 0 Å². The molecule has 0 spiro atoms. The van der Waals surface area contributed by atoms with Gasteiger partial charge in [-0.1, -0.05) is 30.3 Å². The second-order valence-electron chi connectivity index (χ2n) is 7.79. The Morgan fingerprint density at radius 3 is 2.66 bits per heavy atom. The summed E-state index contributed by atoms with van der Waals surface area (Å²) in [5.74, 6) is 1.84. The number of aromatic amines is 1. The second kappa shape index (κ2) is 11.0. The number of nitrogens with zero attached hydrogens (tertiary/aromatic N) is 5. The highest BCUT2D eigenvalue weighted by Crippen LogP contribution is 2.16. The van der Waals surface area contributed by atoms with E-state index in [1.54, 1.807) is 0 Å². The Morgan fingerprint density at radius 2 is 1.93 bits per heavy atom. The van der Waals surface area contributed by atoms with E-state index in [0.29, 0.717) is 6.54 Å². The Hall–Kier alpha value is -2.38. The van der Waals surface area contributed by atoms with Crippen LogP contribution in [0.2, 0.25) is 0 Å². The van der Waals surface area contributed by atoms with Gasteiger partial charge in [-0.15, -0.1) is 0 Å². The Balaban J connectivity index is 1.38. The largest absolute Gasteiger partial charge is 0.356 e. The molecule has 1 aromatic heterocycles. The van der Waals surface area contributed by atoms with Gasteiger partial charge in [0.25, 0.3) is 0 Å². The fraction of sp³-hybridized carbons (Fsp3) is 0.545. The lowest BCUT2D eigenvalue weighted by atomic mass is 10.2. The van der Waals surface area contributed by atoms with Crippen LogP contribution in [0.1, 0.15) is 18.7 Å². The van der Waals surface area contributed by atoms with E-state index in [2.05, 4.69) is 54.2 Å². The van der Waals surface area contributed by atoms with Crippen LogP contribution >= 0.6 is 0 Å². The zero-order valence-electron chi connectivity index (χ0n) is 18.1. The predicted octanol–water partition coefficient (Wildman–Crippen LogP) is 2.11. The van der Waals surface area contributed by atoms with Gasteiger partial charge in [-0.05, 0) is 32.0 Å². The van der Waals surface area contributed by atoms with Crippen molar-refractivity contribution in [1.82, 2.24) is 30.0 Å². The number of imidazole rings is 1. The molecule has 29 heavy (non-hydrogen) atoms. The summed E-state index contributed by atoms with van der Waals surface area (Å²) in [5, 5.41) is 3.48. The number of aromatic nitrogens is 2. The fourth-order valence-corrected chi connectivity index (χ4v) is 3.62. The molecule has 1 aromatic carbocycles. The van der Waals surface area contributed by atoms with Gasteiger partial charge < -0.3 is 25.0 Å². The zero-order chi connectivity index (χ0) is 20.5. The van der Waals surface area contributed by atoms with Crippen LogP contribution in [0.25, 0.3) is 11.3 Å². The van der Waals surface area contributed by atoms with Crippen molar-refractivity contribution in [2.24, 2.45) is 4.99 Å². The molecule has 1 aliphatic heterocycles. The van der Waals surface area contributed by atoms with Crippen LogP contribution in [0.5, 0.6) is 0 Å². The molecule has 3 rings (SSSR count). The smallest absolute Gasteiger partial charge is 0.193 e. The maximum atomic E-state index is 4.53. The summed E-state index contributed by atoms with van der Waals surface area (Å²) in [6.07, 6.45) is 4.27. The molecule has 0 amide bonds. The van der Waals surface area contributed by atoms with Crippen molar-refractivity contribution >= 4 is 5.96 Å². The number of guanidine groups is 1. The first kappa shape index (κ1) is 21.3. The van der Waals surface area contributed by atoms with E-state index < -0.39 is 0 Å². The third kappa shape index (κ3) is 6.58. The van der Waals surface area contributed by atoms with Gasteiger partial charge in [0.05, 0.1) is 18.4 Å². The summed E-state index contributed by atoms with van der Waals surface area (Å²) < 4.78 is 0. The molecular formula is C22H35N7. The molecule has 1 saturated heterocycles. The zero-order valence-corrected chi connectivity index (χ0v) is 18.1. The highest BCUT2D eigenvalue weighted by molar-refractivity contribution is 5.79. The lowest BCUT2D eigenvalue weighted by Crippen LogP contribution is -2.44. The number of nitrogens with one attached hydrogen (secondary N) is 2. The van der Waals surface area contributed by atoms with Crippen molar-refractivity contribution in [2.75, 3.05) is 60.4 Å². The summed E-state index contributed by atoms with van der Waals surface area (Å²) in [5.41, 5.74) is 2.19. The minimum absolute atomic E-state index is 0.688. The van der Waals surface area contributed by atoms with E-state index in [4.69, 9.17) is 0 Å². The molecule has 2 heterocycles. The quantitative estimate of drug-likeness (QED) is 0.406. The summed E-state index contributed by atoms with van der Waals surface area (Å²) in [7, 11) is 6.08. The first-order valence-corrected chi connectivity index (χ1v) is 10.6. The Bertz CT molecular complexity index is 748. The molecule has 2 N–H and O–H groups in total. The van der Waals surface area contributed by atoms with Crippen molar-refractivity contribution in [1.29, 1.82) is 0 Å². The average Bonchev–Trinajstić information content (AvgIpc) is 3.21. The number of unbranched alkanes of at least 4 members (excludes halogenated alkanes) is 1. The number of aliphatic imine (C=N–C) groups is 1. The topological polar surface area (TPSA) is 62.8 Å². The monoisotopic (exact) mass is 397 g/mol. The molecular weight excluding hydrogens is 362 g/mol. The van der Waals surface area contributed by atoms with Crippen LogP contribution in [0, 0.1) is 0 Å². The predicted molar refractivity (Wildman–Crippen MR) is 120 cm³/mol. The third-order valence-corrected chi connectivity index (χ3v) is 5.45. The van der Waals surface area contributed by atoms with Crippen LogP contribution in [-0.4, -0.2) is 91.0 Å². The van der Waals surface area contributed by atoms with E-state index in [-0.39, 0.29) is 0 Å². The number of hydrogen-bond donors (Lipinski definition) is 2. The molecule has 0 atom stereocenters. The highest BCUT2D eigenvalue weighted by atomic mass is 15.3. The summed E-state index contributed by atoms with van der Waals surface area (Å²) in [4.78, 5) is 19.4. The van der Waals surface area contributed by atoms with Crippen molar-refractivity contribution in [3.63, 3.8) is 0 Å². The van der Waals surface area contributed by atoms with Crippen molar-refractivity contribution in [3.8, 4) is 11.3 Å². The molecule has 2 aromatic rings. The van der Waals surface area contributed by atoms with Gasteiger partial charge in [0.1, 0.15) is 5.82 Å². The fourth-order valence-electron chi connectivity index (χ4n) is 3.62. The van der Waals surface area contributed by atoms with E-state index in [1.165, 1.54) is 39.1 Å². The van der Waals surface area contributed by atoms with Crippen LogP contribution < -0.4 is 5.32 Å². The molecule has 7 heteroatoms. The SMILES string of the molecule is CN=C(NCCCCN1CCN(C)CC1)N(C)Cc1ncc(-c2ccccc2)[nH]1. The van der Waals surface area contributed by atoms with E-state index in [9.17, 15) is 0 Å². The molecule has 1 fully saturated rings. The number of benzene rings is 1. The van der Waals surface area contributed by atoms with E-state index in [0.717, 1.165) is 36.0 Å². The van der Waals surface area contributed by atoms with Crippen molar-refractivity contribution in [3.05, 3.63) is 42.4 Å². The molecule has 0 unspecified atom stereocenters. The van der Waals surface area contributed by atoms with Gasteiger partial charge in [-0.25, -0.2) is 4.98 Å². The molecule has 0 radical (unpaired) electrons. The molecule has 0 bridgehead atoms. The third-order valence-electron chi connectivity index (χ3n) is 5.45. The lowest BCUT2D eigenvalue weighted by Gasteiger charge is -2.32. The maximum Gasteiger partial charge on any atom is 0.193 e. The van der Waals surface area contributed by atoms with E-state index in [1.807, 2.05) is 38.5 Å². The number of likely N-dealkylation sites (N-methyl/N-ethyl adjacent to an activating group) is 1. The van der Waals surface area contributed by atoms with Gasteiger partial charge in [0.15, 0.2) is 5.96 Å². The summed E-state index contributed by atoms with van der Waals surface area (Å²) >= 11 is 0. The molecule has 1 aliphatic rings. The Morgan fingerprint density at radius 1 is 1.17 bits per heavy atom. The molecule has 158 valence electrons. The summed E-state index contributed by atoms with van der Waals surface area (Å²) in [6.45, 7) is 7.60. The number of piperazine rings is 1. The minimum Gasteiger partial charge on any atom is -0.356 e. The van der Waals surface area contributed by atoms with Crippen LogP contribution in [-0.2, 0) is 6.54 Å². The first-order valence-electron chi connectivity index (χ1n) is 10.6. The van der Waals surface area contributed by atoms with Gasteiger partial charge in [-0.3, -0.25) is 4.99 Å². The second-order valence-corrected chi connectivity index (χ2v) is 7.79. The van der Waals surface area contributed by atoms with Gasteiger partial charge >= 0.3 is 0 Å². The average molecular weight is 398 g/mol. The van der Waals surface area contributed by atoms with Crippen LogP contribution in [0.15, 0.2) is 41.5 Å².